The van der Waals surface area contributed by atoms with E-state index < -0.39 is 0 Å². The molecule has 0 unspecified atom stereocenters. The van der Waals surface area contributed by atoms with Gasteiger partial charge in [0.2, 0.25) is 6.79 Å². The molecule has 1 aliphatic rings. The molecule has 0 amide bonds. The lowest BCUT2D eigenvalue weighted by Crippen LogP contribution is -1.99. The molecule has 0 bridgehead atoms. The first-order valence-corrected chi connectivity index (χ1v) is 43.1. The average molecular weight is 1800 g/mol. The molecule has 16 rings (SSSR count). The summed E-state index contributed by atoms with van der Waals surface area (Å²) >= 11 is 0. The molecule has 10 aromatic carbocycles. The summed E-state index contributed by atoms with van der Waals surface area (Å²) < 4.78 is 21.3. The monoisotopic (exact) mass is 1790 g/mol. The summed E-state index contributed by atoms with van der Waals surface area (Å²) in [5.41, 5.74) is 30.2. The van der Waals surface area contributed by atoms with Crippen LogP contribution in [0.2, 0.25) is 0 Å². The Labute approximate surface area is 776 Å². The van der Waals surface area contributed by atoms with Crippen molar-refractivity contribution in [2.45, 2.75) is 109 Å². The molecular formula is C109H106N10O15. The van der Waals surface area contributed by atoms with Crippen molar-refractivity contribution in [3.05, 3.63) is 388 Å². The number of methoxy groups -OCH3 is 2. The third-order valence-corrected chi connectivity index (χ3v) is 22.8. The van der Waals surface area contributed by atoms with Gasteiger partial charge >= 0.3 is 0 Å². The number of allylic oxidation sites excluding steroid dienone is 5. The van der Waals surface area contributed by atoms with Gasteiger partial charge in [-0.2, -0.15) is 25.5 Å². The van der Waals surface area contributed by atoms with Gasteiger partial charge in [0.05, 0.1) is 111 Å². The van der Waals surface area contributed by atoms with E-state index in [0.717, 1.165) is 118 Å². The number of ether oxygens (including phenoxy) is 4. The third kappa shape index (κ3) is 25.7. The second kappa shape index (κ2) is 46.2. The van der Waals surface area contributed by atoms with Gasteiger partial charge < -0.3 is 49.6 Å². The van der Waals surface area contributed by atoms with Crippen LogP contribution in [-0.2, 0) is 39.6 Å². The number of aromatic nitrogens is 10. The molecule has 682 valence electrons. The van der Waals surface area contributed by atoms with Gasteiger partial charge in [-0.25, -0.2) is 0 Å². The minimum Gasteiger partial charge on any atom is -0.497 e. The van der Waals surface area contributed by atoms with E-state index in [1.54, 1.807) is 86.0 Å². The zero-order valence-electron chi connectivity index (χ0n) is 76.5. The lowest BCUT2D eigenvalue weighted by atomic mass is 10.0. The zero-order valence-corrected chi connectivity index (χ0v) is 76.5. The fraction of sp³-hybridized carbons (Fsp3) is 0.174. The number of carbonyl (C=O) groups is 5. The molecule has 6 heterocycles. The van der Waals surface area contributed by atoms with Crippen molar-refractivity contribution in [3.8, 4) is 79.3 Å². The lowest BCUT2D eigenvalue weighted by Gasteiger charge is -2.12. The number of aliphatic hydroxyl groups is 6. The van der Waals surface area contributed by atoms with Crippen molar-refractivity contribution >= 4 is 59.3 Å². The van der Waals surface area contributed by atoms with Crippen molar-refractivity contribution in [3.63, 3.8) is 0 Å². The number of ketones is 5. The molecule has 0 fully saturated rings. The van der Waals surface area contributed by atoms with Crippen LogP contribution in [0.1, 0.15) is 169 Å². The minimum atomic E-state index is -0.228. The van der Waals surface area contributed by atoms with Crippen LogP contribution in [0, 0.1) is 69.2 Å². The van der Waals surface area contributed by atoms with Crippen molar-refractivity contribution in [2.24, 2.45) is 0 Å². The zero-order chi connectivity index (χ0) is 95.6. The topological polar surface area (TPSA) is 387 Å². The van der Waals surface area contributed by atoms with E-state index in [-0.39, 0.29) is 75.4 Å². The molecule has 15 aromatic rings. The summed E-state index contributed by atoms with van der Waals surface area (Å²) in [7, 11) is 3.09. The Morgan fingerprint density at radius 3 is 0.963 bits per heavy atom. The molecule has 5 aromatic heterocycles. The summed E-state index contributed by atoms with van der Waals surface area (Å²) in [5.74, 6) is 2.32. The van der Waals surface area contributed by atoms with Crippen LogP contribution in [0.25, 0.3) is 86.7 Å². The quantitative estimate of drug-likeness (QED) is 0.0160. The van der Waals surface area contributed by atoms with Gasteiger partial charge in [0.25, 0.3) is 0 Å². The van der Waals surface area contributed by atoms with E-state index in [1.807, 2.05) is 245 Å². The highest BCUT2D eigenvalue weighted by Crippen LogP contribution is 2.37. The Bertz CT molecular complexity index is 6860. The molecule has 0 aliphatic carbocycles. The molecule has 25 heteroatoms. The Hall–Kier alpha value is -15.7. The SMILES string of the molecule is COc1cc(-c2cc(/C=C/C(=O)c3ccc(C)c(C)c3)[nH]n2)cc(CO)c1CO.COc1cc(CO)cc(-c2cc(/C=C/C(=O)c3ccc(C)c(C)c3)[nH]n2)c1.Cc1ccc(C(=O)/C=C/c2cc(-c3ccc(CO)c(CO)c3)n[nH]2)cc1C.Cc1ccc(C(=O)/C=C/c2cc(-c3ccc(CO)cc3)n[nH]2)cc1C.Cc1ccc(C(=O)/C=C/c2cc(-c3ccc4c(c3)OCO4)n[nH]2)cc1C. The molecule has 0 spiro atoms. The van der Waals surface area contributed by atoms with Crippen molar-refractivity contribution in [1.29, 1.82) is 0 Å². The minimum absolute atomic E-state index is 0.0232. The average Bonchev–Trinajstić information content (AvgIpc) is 1.21. The van der Waals surface area contributed by atoms with Crippen molar-refractivity contribution < 1.29 is 73.6 Å². The Morgan fingerprint density at radius 1 is 0.291 bits per heavy atom. The second-order valence-corrected chi connectivity index (χ2v) is 32.1. The molecule has 0 saturated carbocycles. The smallest absolute Gasteiger partial charge is 0.231 e. The fourth-order valence-electron chi connectivity index (χ4n) is 13.9. The molecule has 25 nitrogen and oxygen atoms in total. The van der Waals surface area contributed by atoms with Crippen LogP contribution in [0.3, 0.4) is 0 Å². The Morgan fingerprint density at radius 2 is 0.619 bits per heavy atom. The molecule has 0 atom stereocenters. The van der Waals surface area contributed by atoms with Gasteiger partial charge in [0.15, 0.2) is 40.4 Å². The van der Waals surface area contributed by atoms with Crippen LogP contribution in [0.4, 0.5) is 0 Å². The van der Waals surface area contributed by atoms with E-state index in [9.17, 15) is 49.5 Å². The molecule has 1 aliphatic heterocycles. The van der Waals surface area contributed by atoms with Gasteiger partial charge in [-0.05, 0) is 329 Å². The number of aryl methyl sites for hydroxylation is 10. The van der Waals surface area contributed by atoms with Gasteiger partial charge in [0.1, 0.15) is 11.5 Å². The fourth-order valence-corrected chi connectivity index (χ4v) is 13.9. The maximum atomic E-state index is 12.4. The summed E-state index contributed by atoms with van der Waals surface area (Å²) in [4.78, 5) is 61.7. The number of nitrogens with zero attached hydrogens (tertiary/aromatic N) is 5. The number of aromatic amines is 5. The Kier molecular flexibility index (Phi) is 33.5. The number of carbonyl (C=O) groups excluding carboxylic acids is 5. The first kappa shape index (κ1) is 97.3. The number of hydrogen-bond donors (Lipinski definition) is 11. The molecular weight excluding hydrogens is 1690 g/mol. The largest absolute Gasteiger partial charge is 0.497 e. The first-order valence-electron chi connectivity index (χ1n) is 43.1. The highest BCUT2D eigenvalue weighted by Gasteiger charge is 2.19. The number of rotatable bonds is 28. The number of aliphatic hydroxyl groups excluding tert-OH is 6. The second-order valence-electron chi connectivity index (χ2n) is 32.1. The molecule has 0 saturated heterocycles. The molecule has 0 radical (unpaired) electrons. The number of benzene rings is 10. The summed E-state index contributed by atoms with van der Waals surface area (Å²) in [5, 5.41) is 92.3. The predicted molar refractivity (Wildman–Crippen MR) is 521 cm³/mol. The van der Waals surface area contributed by atoms with E-state index in [1.165, 1.54) is 36.5 Å². The van der Waals surface area contributed by atoms with E-state index in [4.69, 9.17) is 24.1 Å². The number of nitrogens with one attached hydrogen (secondary N) is 5. The summed E-state index contributed by atoms with van der Waals surface area (Å²) in [6, 6.07) is 65.3. The summed E-state index contributed by atoms with van der Waals surface area (Å²) in [6.07, 6.45) is 16.2. The van der Waals surface area contributed by atoms with E-state index in [0.29, 0.717) is 95.8 Å². The van der Waals surface area contributed by atoms with Crippen LogP contribution in [0.5, 0.6) is 23.0 Å². The lowest BCUT2D eigenvalue weighted by molar-refractivity contribution is 0.103. The highest BCUT2D eigenvalue weighted by molar-refractivity contribution is 6.09. The van der Waals surface area contributed by atoms with Gasteiger partial charge in [-0.15, -0.1) is 0 Å². The van der Waals surface area contributed by atoms with Gasteiger partial charge in [0, 0.05) is 61.2 Å². The van der Waals surface area contributed by atoms with Gasteiger partial charge in [-0.1, -0.05) is 97.1 Å². The molecule has 134 heavy (non-hydrogen) atoms. The van der Waals surface area contributed by atoms with Crippen molar-refractivity contribution in [1.82, 2.24) is 51.0 Å². The van der Waals surface area contributed by atoms with Gasteiger partial charge in [-0.3, -0.25) is 49.5 Å². The molecule has 11 N–H and O–H groups in total. The van der Waals surface area contributed by atoms with E-state index >= 15 is 0 Å². The number of H-pyrrole nitrogens is 5. The first-order chi connectivity index (χ1) is 64.6. The van der Waals surface area contributed by atoms with Crippen LogP contribution < -0.4 is 18.9 Å². The Balaban J connectivity index is 0.000000151. The van der Waals surface area contributed by atoms with Crippen molar-refractivity contribution in [2.75, 3.05) is 21.0 Å². The van der Waals surface area contributed by atoms with E-state index in [2.05, 4.69) is 51.0 Å². The maximum Gasteiger partial charge on any atom is 0.231 e. The predicted octanol–water partition coefficient (Wildman–Crippen LogP) is 19.6. The number of hydrogen-bond acceptors (Lipinski definition) is 20. The highest BCUT2D eigenvalue weighted by atomic mass is 16.7. The standard InChI is InChI=1S/C23H24N2O4.2C22H22N2O3.C21H18N2O3.C21H20N2O2/c1-14-4-5-16(8-15(14)2)22(28)7-6-19-11-21(25-24-19)17-9-18(12-26)20(13-27)23(10-17)29-3;1-14-4-5-17(8-15(14)2)22(26)7-6-19-12-21(24-23-19)18-9-16(13-25)10-20(11-18)27-3;1-14-3-4-17(9-15(14)2)22(27)8-7-20-11-21(24-23-20)16-5-6-18(12-25)19(10-16)13-26;1-13-3-4-16(9-14(13)2)19(24)7-6-17-11-18(23-22-17)15-5-8-20-21(10-15)26-12-25-20;1-14-3-6-18(11-15(14)2)21(25)10-9-19-12-20(23-22-19)17-7-4-16(13-24)5-8-17/h4-11,26-27H,12-13H2,1-3H3,(H,24,25);4-12,25H,13H2,1-3H3,(H,23,24);3-11,25-26H,12-13H2,1-2H3,(H,23,24);3-11H,12H2,1-2H3,(H,22,23);3-12,24H,13H2,1-2H3,(H,22,23)/b2*7-6+;8-7+;7-6+;10-9+. The summed E-state index contributed by atoms with van der Waals surface area (Å²) in [6.45, 7) is 19.5. The normalized spacial score (nSPS) is 11.5. The van der Waals surface area contributed by atoms with Crippen LogP contribution in [0.15, 0.2) is 243 Å². The number of fused-ring (bicyclic) bond motifs is 1. The third-order valence-electron chi connectivity index (χ3n) is 22.8. The maximum absolute atomic E-state index is 12.4. The van der Waals surface area contributed by atoms with Crippen LogP contribution in [-0.4, -0.2) is 132 Å². The van der Waals surface area contributed by atoms with Crippen LogP contribution >= 0.6 is 0 Å².